The Balaban J connectivity index is 0.000000258. The van der Waals surface area contributed by atoms with Crippen molar-refractivity contribution in [2.75, 3.05) is 6.61 Å². The van der Waals surface area contributed by atoms with Crippen LogP contribution in [0.2, 0.25) is 0 Å². The fraction of sp³-hybridized carbons (Fsp3) is 0.429. The first-order valence-electron chi connectivity index (χ1n) is 9.00. The molecule has 0 spiro atoms. The highest BCUT2D eigenvalue weighted by Gasteiger charge is 2.17. The predicted octanol–water partition coefficient (Wildman–Crippen LogP) is 3.49. The van der Waals surface area contributed by atoms with Gasteiger partial charge in [-0.3, -0.25) is 0 Å². The van der Waals surface area contributed by atoms with Gasteiger partial charge in [0, 0.05) is 30.5 Å². The van der Waals surface area contributed by atoms with E-state index in [1.807, 2.05) is 35.0 Å². The number of aliphatic hydroxyl groups excluding tert-OH is 1. The normalized spacial score (nSPS) is 16.0. The average Bonchev–Trinajstić information content (AvgIpc) is 3.28. The van der Waals surface area contributed by atoms with Crippen molar-refractivity contribution in [3.8, 4) is 11.8 Å². The summed E-state index contributed by atoms with van der Waals surface area (Å²) in [6.07, 6.45) is 11.7. The van der Waals surface area contributed by atoms with Gasteiger partial charge in [0.25, 0.3) is 0 Å². The van der Waals surface area contributed by atoms with Crippen LogP contribution in [0, 0.1) is 29.1 Å². The Kier molecular flexibility index (Phi) is 6.03. The fourth-order valence-corrected chi connectivity index (χ4v) is 2.50. The Hall–Kier alpha value is -2.38. The molecule has 4 heteroatoms. The van der Waals surface area contributed by atoms with Crippen LogP contribution in [0.5, 0.6) is 0 Å². The highest BCUT2D eigenvalue weighted by atomic mass is 16.3. The van der Waals surface area contributed by atoms with Crippen LogP contribution in [0.4, 0.5) is 0 Å². The van der Waals surface area contributed by atoms with E-state index in [-0.39, 0.29) is 0 Å². The summed E-state index contributed by atoms with van der Waals surface area (Å²) in [5.41, 5.74) is 2.55. The molecule has 4 nitrogen and oxygen atoms in total. The van der Waals surface area contributed by atoms with E-state index in [1.165, 1.54) is 32.1 Å². The van der Waals surface area contributed by atoms with Gasteiger partial charge in [0.15, 0.2) is 0 Å². The zero-order valence-electron chi connectivity index (χ0n) is 14.5. The molecule has 2 saturated carbocycles. The Bertz CT molecular complexity index is 727. The molecule has 1 aromatic heterocycles. The predicted molar refractivity (Wildman–Crippen MR) is 99.5 cm³/mol. The molecule has 2 aromatic rings. The van der Waals surface area contributed by atoms with Crippen molar-refractivity contribution in [1.29, 1.82) is 5.41 Å². The molecule has 0 saturated heterocycles. The first kappa shape index (κ1) is 17.4. The molecule has 0 atom stereocenters. The van der Waals surface area contributed by atoms with Crippen molar-refractivity contribution in [2.45, 2.75) is 38.6 Å². The molecular formula is C21H25N3O. The van der Waals surface area contributed by atoms with Crippen LogP contribution in [0.1, 0.15) is 43.2 Å². The van der Waals surface area contributed by atoms with Crippen LogP contribution in [-0.4, -0.2) is 27.0 Å². The lowest BCUT2D eigenvalue weighted by Gasteiger charge is -2.21. The van der Waals surface area contributed by atoms with Crippen LogP contribution in [0.25, 0.3) is 0 Å². The molecule has 0 aliphatic heterocycles. The van der Waals surface area contributed by atoms with Crippen molar-refractivity contribution in [1.82, 2.24) is 9.55 Å². The molecule has 1 aromatic carbocycles. The second kappa shape index (κ2) is 8.64. The number of rotatable bonds is 4. The van der Waals surface area contributed by atoms with Gasteiger partial charge in [-0.15, -0.1) is 0 Å². The maximum absolute atomic E-state index is 8.39. The third-order valence-electron chi connectivity index (χ3n) is 4.61. The molecule has 2 aliphatic carbocycles. The fourth-order valence-electron chi connectivity index (χ4n) is 2.50. The lowest BCUT2D eigenvalue weighted by Crippen LogP contribution is -2.14. The first-order valence-corrected chi connectivity index (χ1v) is 9.00. The number of imidazole rings is 1. The molecule has 25 heavy (non-hydrogen) atoms. The number of benzene rings is 1. The lowest BCUT2D eigenvalue weighted by molar-refractivity contribution is 0.163. The van der Waals surface area contributed by atoms with Crippen molar-refractivity contribution >= 4 is 5.71 Å². The summed E-state index contributed by atoms with van der Waals surface area (Å²) in [6, 6.07) is 7.92. The second-order valence-electron chi connectivity index (χ2n) is 6.81. The quantitative estimate of drug-likeness (QED) is 0.663. The Labute approximate surface area is 149 Å². The van der Waals surface area contributed by atoms with E-state index in [4.69, 9.17) is 10.5 Å². The smallest absolute Gasteiger partial charge is 0.0949 e. The zero-order valence-corrected chi connectivity index (χ0v) is 14.5. The van der Waals surface area contributed by atoms with Crippen LogP contribution in [0.3, 0.4) is 0 Å². The minimum atomic E-state index is 0.417. The Morgan fingerprint density at radius 1 is 1.20 bits per heavy atom. The Morgan fingerprint density at radius 2 is 1.96 bits per heavy atom. The molecule has 2 fully saturated rings. The number of hydrogen-bond donors (Lipinski definition) is 2. The topological polar surface area (TPSA) is 61.9 Å². The SMILES string of the molecule is N=C(Cn1ccnc1)c1ccc(C#CC2CC2)cc1.OCC1CCC1. The van der Waals surface area contributed by atoms with E-state index >= 15 is 0 Å². The molecular weight excluding hydrogens is 310 g/mol. The van der Waals surface area contributed by atoms with E-state index < -0.39 is 0 Å². The molecule has 2 N–H and O–H groups in total. The number of nitrogens with zero attached hydrogens (tertiary/aromatic N) is 2. The summed E-state index contributed by atoms with van der Waals surface area (Å²) in [4.78, 5) is 3.98. The van der Waals surface area contributed by atoms with Gasteiger partial charge in [0.05, 0.1) is 18.6 Å². The Morgan fingerprint density at radius 3 is 2.44 bits per heavy atom. The van der Waals surface area contributed by atoms with Gasteiger partial charge in [-0.2, -0.15) is 0 Å². The van der Waals surface area contributed by atoms with E-state index in [0.29, 0.717) is 30.7 Å². The van der Waals surface area contributed by atoms with Gasteiger partial charge in [0.1, 0.15) is 0 Å². The van der Waals surface area contributed by atoms with Crippen LogP contribution < -0.4 is 0 Å². The van der Waals surface area contributed by atoms with Crippen molar-refractivity contribution < 1.29 is 5.11 Å². The van der Waals surface area contributed by atoms with Gasteiger partial charge in [-0.1, -0.05) is 30.4 Å². The summed E-state index contributed by atoms with van der Waals surface area (Å²) >= 11 is 0. The third-order valence-corrected chi connectivity index (χ3v) is 4.61. The summed E-state index contributed by atoms with van der Waals surface area (Å²) < 4.78 is 1.89. The average molecular weight is 335 g/mol. The highest BCUT2D eigenvalue weighted by molar-refractivity contribution is 5.98. The lowest BCUT2D eigenvalue weighted by atomic mass is 9.86. The van der Waals surface area contributed by atoms with Gasteiger partial charge >= 0.3 is 0 Å². The van der Waals surface area contributed by atoms with Crippen LogP contribution >= 0.6 is 0 Å². The molecule has 1 heterocycles. The van der Waals surface area contributed by atoms with E-state index in [9.17, 15) is 0 Å². The minimum Gasteiger partial charge on any atom is -0.396 e. The maximum atomic E-state index is 8.39. The first-order chi connectivity index (χ1) is 12.2. The van der Waals surface area contributed by atoms with Crippen LogP contribution in [-0.2, 0) is 6.54 Å². The molecule has 0 unspecified atom stereocenters. The summed E-state index contributed by atoms with van der Waals surface area (Å²) in [7, 11) is 0. The van der Waals surface area contributed by atoms with E-state index in [1.54, 1.807) is 12.5 Å². The van der Waals surface area contributed by atoms with Gasteiger partial charge < -0.3 is 15.1 Å². The molecule has 0 amide bonds. The maximum Gasteiger partial charge on any atom is 0.0949 e. The molecule has 4 rings (SSSR count). The van der Waals surface area contributed by atoms with Gasteiger partial charge in [-0.25, -0.2) is 4.98 Å². The van der Waals surface area contributed by atoms with Crippen molar-refractivity contribution in [3.05, 3.63) is 54.1 Å². The number of hydrogen-bond acceptors (Lipinski definition) is 3. The highest BCUT2D eigenvalue weighted by Crippen LogP contribution is 2.27. The number of aliphatic hydroxyl groups is 1. The molecule has 2 aliphatic rings. The van der Waals surface area contributed by atoms with Crippen molar-refractivity contribution in [2.24, 2.45) is 11.8 Å². The zero-order chi connectivity index (χ0) is 17.5. The van der Waals surface area contributed by atoms with Gasteiger partial charge in [0.2, 0.25) is 0 Å². The van der Waals surface area contributed by atoms with Gasteiger partial charge in [-0.05, 0) is 49.3 Å². The molecule has 0 bridgehead atoms. The largest absolute Gasteiger partial charge is 0.396 e. The van der Waals surface area contributed by atoms with Crippen LogP contribution in [0.15, 0.2) is 43.0 Å². The van der Waals surface area contributed by atoms with E-state index in [2.05, 4.69) is 16.8 Å². The number of aromatic nitrogens is 2. The van der Waals surface area contributed by atoms with Crippen molar-refractivity contribution in [3.63, 3.8) is 0 Å². The molecule has 0 radical (unpaired) electrons. The summed E-state index contributed by atoms with van der Waals surface area (Å²) in [6.45, 7) is 0.965. The third kappa shape index (κ3) is 5.58. The number of nitrogens with one attached hydrogen (secondary N) is 1. The molecule has 130 valence electrons. The standard InChI is InChI=1S/C16H15N3.C5H10O/c17-16(11-19-10-9-18-12-19)15-7-5-14(6-8-15)4-3-13-1-2-13;6-4-5-2-1-3-5/h5-10,12-13,17H,1-2,11H2;5-6H,1-4H2. The second-order valence-corrected chi connectivity index (χ2v) is 6.81. The monoisotopic (exact) mass is 335 g/mol. The minimum absolute atomic E-state index is 0.417. The summed E-state index contributed by atoms with van der Waals surface area (Å²) in [5, 5.41) is 16.5. The van der Waals surface area contributed by atoms with E-state index in [0.717, 1.165) is 11.1 Å². The summed E-state index contributed by atoms with van der Waals surface area (Å²) in [5.74, 6) is 7.72.